The van der Waals surface area contributed by atoms with Crippen LogP contribution >= 0.6 is 0 Å². The van der Waals surface area contributed by atoms with E-state index in [1.165, 1.54) is 18.0 Å². The van der Waals surface area contributed by atoms with Crippen LogP contribution in [0, 0.1) is 0 Å². The molecule has 2 N–H and O–H groups in total. The summed E-state index contributed by atoms with van der Waals surface area (Å²) in [4.78, 5) is 0. The van der Waals surface area contributed by atoms with Gasteiger partial charge in [-0.05, 0) is 12.8 Å². The molecule has 1 rings (SSSR count). The lowest BCUT2D eigenvalue weighted by molar-refractivity contribution is 0.191. The van der Waals surface area contributed by atoms with Crippen LogP contribution in [0.15, 0.2) is 0 Å². The quantitative estimate of drug-likeness (QED) is 0.487. The van der Waals surface area contributed by atoms with Gasteiger partial charge in [0.15, 0.2) is 0 Å². The largest absolute Gasteiger partial charge is 0.240 e. The van der Waals surface area contributed by atoms with Gasteiger partial charge in [0.25, 0.3) is 0 Å². The van der Waals surface area contributed by atoms with Crippen molar-refractivity contribution in [1.82, 2.24) is 16.4 Å². The Morgan fingerprint density at radius 2 is 2.12 bits per heavy atom. The van der Waals surface area contributed by atoms with Crippen molar-refractivity contribution >= 4 is 0 Å². The van der Waals surface area contributed by atoms with E-state index in [2.05, 4.69) is 5.43 Å². The molecule has 1 aliphatic rings. The van der Waals surface area contributed by atoms with Gasteiger partial charge >= 0.3 is 0 Å². The molecule has 1 fully saturated rings. The summed E-state index contributed by atoms with van der Waals surface area (Å²) in [7, 11) is 0. The highest BCUT2D eigenvalue weighted by molar-refractivity contribution is 4.52. The normalized spacial score (nSPS) is 25.1. The lowest BCUT2D eigenvalue weighted by Gasteiger charge is -2.10. The molecule has 1 heterocycles. The fourth-order valence-corrected chi connectivity index (χ4v) is 0.865. The summed E-state index contributed by atoms with van der Waals surface area (Å²) in [6.07, 6.45) is 3.65. The SMILES string of the molecule is [NH]N1CCCCCN1. The molecule has 0 spiro atoms. The number of rotatable bonds is 0. The molecule has 0 aromatic heterocycles. The van der Waals surface area contributed by atoms with Crippen LogP contribution < -0.4 is 11.3 Å². The minimum Gasteiger partial charge on any atom is -0.240 e. The summed E-state index contributed by atoms with van der Waals surface area (Å²) < 4.78 is 0. The summed E-state index contributed by atoms with van der Waals surface area (Å²) in [5, 5.41) is 1.42. The van der Waals surface area contributed by atoms with Gasteiger partial charge in [-0.3, -0.25) is 0 Å². The Labute approximate surface area is 49.8 Å². The van der Waals surface area contributed by atoms with Gasteiger partial charge in [0.05, 0.1) is 0 Å². The van der Waals surface area contributed by atoms with Crippen LogP contribution in [0.3, 0.4) is 0 Å². The van der Waals surface area contributed by atoms with Crippen molar-refractivity contribution in [2.75, 3.05) is 13.1 Å². The van der Waals surface area contributed by atoms with E-state index in [-0.39, 0.29) is 0 Å². The maximum absolute atomic E-state index is 7.13. The van der Waals surface area contributed by atoms with E-state index < -0.39 is 0 Å². The second-order valence-corrected chi connectivity index (χ2v) is 2.12. The van der Waals surface area contributed by atoms with E-state index in [0.29, 0.717) is 0 Å². The maximum atomic E-state index is 7.13. The average Bonchev–Trinajstić information content (AvgIpc) is 1.94. The third-order valence-electron chi connectivity index (χ3n) is 1.36. The number of nitrogens with one attached hydrogen (secondary N) is 2. The molecule has 1 radical (unpaired) electrons. The van der Waals surface area contributed by atoms with Gasteiger partial charge in [0.2, 0.25) is 0 Å². The Morgan fingerprint density at radius 3 is 3.00 bits per heavy atom. The zero-order chi connectivity index (χ0) is 5.82. The molecule has 0 unspecified atom stereocenters. The molecular weight excluding hydrogens is 102 g/mol. The van der Waals surface area contributed by atoms with Crippen molar-refractivity contribution in [2.45, 2.75) is 19.3 Å². The molecule has 3 nitrogen and oxygen atoms in total. The highest BCUT2D eigenvalue weighted by atomic mass is 15.7. The minimum absolute atomic E-state index is 0.875. The summed E-state index contributed by atoms with van der Waals surface area (Å²) in [6.45, 7) is 1.85. The minimum atomic E-state index is 0.875. The van der Waals surface area contributed by atoms with Gasteiger partial charge in [-0.1, -0.05) is 6.42 Å². The summed E-state index contributed by atoms with van der Waals surface area (Å²) >= 11 is 0. The smallest absolute Gasteiger partial charge is 0.0302 e. The maximum Gasteiger partial charge on any atom is 0.0302 e. The van der Waals surface area contributed by atoms with Crippen molar-refractivity contribution in [3.8, 4) is 0 Å². The zero-order valence-corrected chi connectivity index (χ0v) is 4.98. The number of hydrogen-bond donors (Lipinski definition) is 1. The molecule has 47 valence electrons. The highest BCUT2D eigenvalue weighted by Gasteiger charge is 2.01. The molecule has 0 amide bonds. The van der Waals surface area contributed by atoms with Gasteiger partial charge in [0, 0.05) is 13.1 Å². The van der Waals surface area contributed by atoms with E-state index in [1.807, 2.05) is 0 Å². The average molecular weight is 114 g/mol. The van der Waals surface area contributed by atoms with Gasteiger partial charge in [-0.2, -0.15) is 11.0 Å². The summed E-state index contributed by atoms with van der Waals surface area (Å²) in [5.74, 6) is 7.13. The molecule has 0 aromatic rings. The molecule has 3 heteroatoms. The van der Waals surface area contributed by atoms with Crippen molar-refractivity contribution in [3.05, 3.63) is 0 Å². The molecule has 1 aliphatic heterocycles. The van der Waals surface area contributed by atoms with Crippen molar-refractivity contribution in [2.24, 2.45) is 0 Å². The first-order valence-electron chi connectivity index (χ1n) is 3.12. The second-order valence-electron chi connectivity index (χ2n) is 2.12. The molecule has 1 saturated heterocycles. The Bertz CT molecular complexity index is 56.7. The van der Waals surface area contributed by atoms with E-state index in [1.54, 1.807) is 0 Å². The summed E-state index contributed by atoms with van der Waals surface area (Å²) in [5.41, 5.74) is 2.94. The second kappa shape index (κ2) is 3.02. The van der Waals surface area contributed by atoms with Crippen molar-refractivity contribution < 1.29 is 0 Å². The molecule has 0 bridgehead atoms. The Morgan fingerprint density at radius 1 is 1.25 bits per heavy atom. The van der Waals surface area contributed by atoms with Gasteiger partial charge in [-0.15, -0.1) is 0 Å². The third-order valence-corrected chi connectivity index (χ3v) is 1.36. The van der Waals surface area contributed by atoms with Crippen LogP contribution in [0.5, 0.6) is 0 Å². The standard InChI is InChI=1S/C5H12N3/c6-8-5-3-1-2-4-7-8/h6-7H,1-5H2. The predicted molar refractivity (Wildman–Crippen MR) is 31.7 cm³/mol. The summed E-state index contributed by atoms with van der Waals surface area (Å²) in [6, 6.07) is 0. The lowest BCUT2D eigenvalue weighted by atomic mass is 10.2. The fraction of sp³-hybridized carbons (Fsp3) is 1.00. The Hall–Kier alpha value is -0.120. The van der Waals surface area contributed by atoms with Crippen LogP contribution in [0.4, 0.5) is 0 Å². The molecule has 0 saturated carbocycles. The van der Waals surface area contributed by atoms with Crippen molar-refractivity contribution in [3.63, 3.8) is 0 Å². The van der Waals surface area contributed by atoms with Crippen LogP contribution in [-0.4, -0.2) is 18.2 Å². The highest BCUT2D eigenvalue weighted by Crippen LogP contribution is 1.98. The van der Waals surface area contributed by atoms with Gasteiger partial charge < -0.3 is 0 Å². The van der Waals surface area contributed by atoms with Crippen molar-refractivity contribution in [1.29, 1.82) is 0 Å². The first kappa shape index (κ1) is 6.01. The molecule has 8 heavy (non-hydrogen) atoms. The van der Waals surface area contributed by atoms with E-state index in [4.69, 9.17) is 5.84 Å². The van der Waals surface area contributed by atoms with E-state index in [9.17, 15) is 0 Å². The zero-order valence-electron chi connectivity index (χ0n) is 4.98. The van der Waals surface area contributed by atoms with E-state index in [0.717, 1.165) is 19.5 Å². The Kier molecular flexibility index (Phi) is 2.27. The lowest BCUT2D eigenvalue weighted by Crippen LogP contribution is -2.35. The van der Waals surface area contributed by atoms with E-state index >= 15 is 0 Å². The fourth-order valence-electron chi connectivity index (χ4n) is 0.865. The first-order chi connectivity index (χ1) is 3.89. The van der Waals surface area contributed by atoms with Crippen LogP contribution in [0.1, 0.15) is 19.3 Å². The van der Waals surface area contributed by atoms with Crippen LogP contribution in [-0.2, 0) is 0 Å². The monoisotopic (exact) mass is 114 g/mol. The molecule has 0 atom stereocenters. The third kappa shape index (κ3) is 1.78. The number of hydrogen-bond acceptors (Lipinski definition) is 2. The van der Waals surface area contributed by atoms with Gasteiger partial charge in [-0.25, -0.2) is 5.43 Å². The topological polar surface area (TPSA) is 39.1 Å². The van der Waals surface area contributed by atoms with Crippen LogP contribution in [0.25, 0.3) is 0 Å². The number of nitrogens with zero attached hydrogens (tertiary/aromatic N) is 1. The molecule has 0 aromatic carbocycles. The molecular formula is C5H12N3. The van der Waals surface area contributed by atoms with Gasteiger partial charge in [0.1, 0.15) is 0 Å². The number of hydrazine groups is 1. The Balaban J connectivity index is 2.17. The predicted octanol–water partition coefficient (Wildman–Crippen LogP) is 0.175. The first-order valence-corrected chi connectivity index (χ1v) is 3.12. The van der Waals surface area contributed by atoms with Crippen LogP contribution in [0.2, 0.25) is 0 Å². The molecule has 0 aliphatic carbocycles.